The van der Waals surface area contributed by atoms with Crippen LogP contribution >= 0.6 is 0 Å². The molecule has 0 aliphatic carbocycles. The molecular weight excluding hydrogens is 344 g/mol. The first-order valence-electron chi connectivity index (χ1n) is 10.4. The van der Waals surface area contributed by atoms with Crippen molar-refractivity contribution in [2.75, 3.05) is 31.1 Å². The van der Waals surface area contributed by atoms with Crippen molar-refractivity contribution in [3.05, 3.63) is 65.7 Å². The summed E-state index contributed by atoms with van der Waals surface area (Å²) in [6.07, 6.45) is 1.15. The van der Waals surface area contributed by atoms with Gasteiger partial charge in [-0.3, -0.25) is 4.79 Å². The summed E-state index contributed by atoms with van der Waals surface area (Å²) in [6, 6.07) is 18.6. The van der Waals surface area contributed by atoms with Crippen LogP contribution in [0.5, 0.6) is 0 Å². The number of carbonyl (C=O) groups excluding carboxylic acids is 1. The van der Waals surface area contributed by atoms with Crippen molar-refractivity contribution >= 4 is 11.6 Å². The molecule has 0 unspecified atom stereocenters. The first-order chi connectivity index (χ1) is 13.2. The van der Waals surface area contributed by atoms with Gasteiger partial charge in [0.05, 0.1) is 0 Å². The maximum Gasteiger partial charge on any atom is 0.253 e. The molecule has 1 aliphatic rings. The zero-order valence-corrected chi connectivity index (χ0v) is 18.0. The van der Waals surface area contributed by atoms with Crippen molar-refractivity contribution in [1.82, 2.24) is 4.90 Å². The summed E-state index contributed by atoms with van der Waals surface area (Å²) < 4.78 is 0. The van der Waals surface area contributed by atoms with Gasteiger partial charge in [-0.05, 0) is 47.1 Å². The highest BCUT2D eigenvalue weighted by atomic mass is 16.2. The Morgan fingerprint density at radius 3 is 1.93 bits per heavy atom. The molecule has 3 rings (SSSR count). The molecule has 28 heavy (non-hydrogen) atoms. The van der Waals surface area contributed by atoms with E-state index in [-0.39, 0.29) is 11.3 Å². The number of nitrogens with zero attached hydrogens (tertiary/aromatic N) is 2. The van der Waals surface area contributed by atoms with E-state index in [1.165, 1.54) is 11.3 Å². The van der Waals surface area contributed by atoms with Gasteiger partial charge in [-0.15, -0.1) is 0 Å². The Morgan fingerprint density at radius 2 is 1.39 bits per heavy atom. The monoisotopic (exact) mass is 378 g/mol. The molecule has 1 amide bonds. The van der Waals surface area contributed by atoms with Gasteiger partial charge < -0.3 is 9.80 Å². The maximum atomic E-state index is 12.6. The lowest BCUT2D eigenvalue weighted by atomic mass is 9.72. The van der Waals surface area contributed by atoms with Crippen molar-refractivity contribution in [1.29, 1.82) is 0 Å². The van der Waals surface area contributed by atoms with Gasteiger partial charge in [0.1, 0.15) is 0 Å². The Labute approximate surface area is 170 Å². The van der Waals surface area contributed by atoms with E-state index in [1.807, 2.05) is 35.2 Å². The molecule has 0 bridgehead atoms. The van der Waals surface area contributed by atoms with Crippen molar-refractivity contribution < 1.29 is 4.79 Å². The van der Waals surface area contributed by atoms with Crippen LogP contribution in [0, 0.1) is 5.41 Å². The number of hydrogen-bond donors (Lipinski definition) is 0. The van der Waals surface area contributed by atoms with Crippen LogP contribution < -0.4 is 4.90 Å². The number of carbonyl (C=O) groups is 1. The van der Waals surface area contributed by atoms with Crippen LogP contribution in [0.1, 0.15) is 57.0 Å². The summed E-state index contributed by atoms with van der Waals surface area (Å²) in [5, 5.41) is 0. The van der Waals surface area contributed by atoms with Gasteiger partial charge in [-0.2, -0.15) is 0 Å². The molecule has 0 atom stereocenters. The van der Waals surface area contributed by atoms with Gasteiger partial charge in [-0.25, -0.2) is 0 Å². The van der Waals surface area contributed by atoms with Crippen LogP contribution in [0.15, 0.2) is 54.6 Å². The molecule has 2 aromatic carbocycles. The smallest absolute Gasteiger partial charge is 0.253 e. The van der Waals surface area contributed by atoms with Gasteiger partial charge in [0.15, 0.2) is 0 Å². The normalized spacial score (nSPS) is 15.6. The molecule has 1 aliphatic heterocycles. The van der Waals surface area contributed by atoms with E-state index in [2.05, 4.69) is 63.8 Å². The Hall–Kier alpha value is -2.29. The van der Waals surface area contributed by atoms with Crippen LogP contribution in [0.2, 0.25) is 0 Å². The topological polar surface area (TPSA) is 23.6 Å². The number of piperazine rings is 1. The predicted octanol–water partition coefficient (Wildman–Crippen LogP) is 5.36. The van der Waals surface area contributed by atoms with Crippen molar-refractivity contribution in [2.24, 2.45) is 5.41 Å². The van der Waals surface area contributed by atoms with Crippen molar-refractivity contribution in [3.63, 3.8) is 0 Å². The minimum absolute atomic E-state index is 0.138. The molecule has 2 aromatic rings. The van der Waals surface area contributed by atoms with Crippen LogP contribution in [0.25, 0.3) is 0 Å². The zero-order chi connectivity index (χ0) is 20.4. The highest BCUT2D eigenvalue weighted by Crippen LogP contribution is 2.36. The standard InChI is InChI=1S/C25H34N2O/c1-24(2,3)19-25(4,5)21-11-13-22(14-12-21)26-15-17-27(18-16-26)23(28)20-9-7-6-8-10-20/h6-14H,15-19H2,1-5H3. The first kappa shape index (κ1) is 20.4. The van der Waals surface area contributed by atoms with E-state index in [9.17, 15) is 4.79 Å². The highest BCUT2D eigenvalue weighted by molar-refractivity contribution is 5.94. The Bertz CT molecular complexity index is 780. The second-order valence-corrected chi connectivity index (χ2v) is 9.81. The van der Waals surface area contributed by atoms with Crippen LogP contribution in [0.3, 0.4) is 0 Å². The first-order valence-corrected chi connectivity index (χ1v) is 10.4. The molecule has 0 N–H and O–H groups in total. The molecule has 1 fully saturated rings. The van der Waals surface area contributed by atoms with Gasteiger partial charge in [0, 0.05) is 37.4 Å². The predicted molar refractivity (Wildman–Crippen MR) is 118 cm³/mol. The molecule has 0 spiro atoms. The summed E-state index contributed by atoms with van der Waals surface area (Å²) >= 11 is 0. The zero-order valence-electron chi connectivity index (χ0n) is 18.0. The number of anilines is 1. The van der Waals surface area contributed by atoms with E-state index in [0.29, 0.717) is 5.41 Å². The lowest BCUT2D eigenvalue weighted by molar-refractivity contribution is 0.0747. The lowest BCUT2D eigenvalue weighted by Gasteiger charge is -2.37. The molecule has 1 saturated heterocycles. The van der Waals surface area contributed by atoms with E-state index in [0.717, 1.165) is 38.2 Å². The number of amides is 1. The van der Waals surface area contributed by atoms with E-state index in [1.54, 1.807) is 0 Å². The quantitative estimate of drug-likeness (QED) is 0.715. The number of rotatable bonds is 4. The van der Waals surface area contributed by atoms with E-state index in [4.69, 9.17) is 0 Å². The molecule has 0 saturated carbocycles. The average molecular weight is 379 g/mol. The fraction of sp³-hybridized carbons (Fsp3) is 0.480. The second-order valence-electron chi connectivity index (χ2n) is 9.81. The Morgan fingerprint density at radius 1 is 0.821 bits per heavy atom. The fourth-order valence-electron chi connectivity index (χ4n) is 4.48. The van der Waals surface area contributed by atoms with Gasteiger partial charge >= 0.3 is 0 Å². The SMILES string of the molecule is CC(C)(C)CC(C)(C)c1ccc(N2CCN(C(=O)c3ccccc3)CC2)cc1. The minimum atomic E-state index is 0.138. The van der Waals surface area contributed by atoms with E-state index < -0.39 is 0 Å². The molecule has 0 aromatic heterocycles. The molecule has 3 heteroatoms. The third kappa shape index (κ3) is 4.95. The molecule has 1 heterocycles. The summed E-state index contributed by atoms with van der Waals surface area (Å²) in [4.78, 5) is 17.0. The third-order valence-electron chi connectivity index (χ3n) is 5.57. The lowest BCUT2D eigenvalue weighted by Crippen LogP contribution is -2.48. The highest BCUT2D eigenvalue weighted by Gasteiger charge is 2.27. The minimum Gasteiger partial charge on any atom is -0.368 e. The van der Waals surface area contributed by atoms with Crippen LogP contribution in [-0.2, 0) is 5.41 Å². The molecule has 150 valence electrons. The molecule has 3 nitrogen and oxygen atoms in total. The van der Waals surface area contributed by atoms with E-state index >= 15 is 0 Å². The van der Waals surface area contributed by atoms with Gasteiger partial charge in [-0.1, -0.05) is 65.0 Å². The Balaban J connectivity index is 1.61. The largest absolute Gasteiger partial charge is 0.368 e. The third-order valence-corrected chi connectivity index (χ3v) is 5.57. The van der Waals surface area contributed by atoms with Gasteiger partial charge in [0.25, 0.3) is 5.91 Å². The summed E-state index contributed by atoms with van der Waals surface area (Å²) in [7, 11) is 0. The summed E-state index contributed by atoms with van der Waals surface area (Å²) in [5.41, 5.74) is 3.90. The maximum absolute atomic E-state index is 12.6. The Kier molecular flexibility index (Phi) is 5.83. The van der Waals surface area contributed by atoms with Crippen molar-refractivity contribution in [3.8, 4) is 0 Å². The molecule has 0 radical (unpaired) electrons. The van der Waals surface area contributed by atoms with Gasteiger partial charge in [0.2, 0.25) is 0 Å². The summed E-state index contributed by atoms with van der Waals surface area (Å²) in [6.45, 7) is 14.9. The molecular formula is C25H34N2O. The van der Waals surface area contributed by atoms with Crippen LogP contribution in [0.4, 0.5) is 5.69 Å². The second kappa shape index (κ2) is 7.98. The summed E-state index contributed by atoms with van der Waals surface area (Å²) in [5.74, 6) is 0.138. The average Bonchev–Trinajstić information content (AvgIpc) is 2.66. The van der Waals surface area contributed by atoms with Crippen molar-refractivity contribution in [2.45, 2.75) is 46.5 Å². The number of benzene rings is 2. The number of hydrogen-bond acceptors (Lipinski definition) is 2. The fourth-order valence-corrected chi connectivity index (χ4v) is 4.48. The van der Waals surface area contributed by atoms with Crippen LogP contribution in [-0.4, -0.2) is 37.0 Å².